The van der Waals surface area contributed by atoms with Gasteiger partial charge >= 0.3 is 0 Å². The molecule has 160 valence electrons. The van der Waals surface area contributed by atoms with Crippen LogP contribution < -0.4 is 10.2 Å². The molecule has 2 heterocycles. The van der Waals surface area contributed by atoms with E-state index in [0.29, 0.717) is 37.8 Å². The Morgan fingerprint density at radius 3 is 2.72 bits per heavy atom. The van der Waals surface area contributed by atoms with E-state index in [1.807, 2.05) is 0 Å². The van der Waals surface area contributed by atoms with Crippen LogP contribution in [0.3, 0.4) is 0 Å². The number of carbonyl (C=O) groups excluding carboxylic acids is 2. The Bertz CT molecular complexity index is 867. The molecule has 0 saturated carbocycles. The number of piperidine rings is 1. The van der Waals surface area contributed by atoms with Crippen molar-refractivity contribution in [3.05, 3.63) is 18.2 Å². The molecule has 0 bridgehead atoms. The molecule has 1 aromatic carbocycles. The molecule has 29 heavy (non-hydrogen) atoms. The zero-order valence-corrected chi connectivity index (χ0v) is 18.4. The molecule has 8 nitrogen and oxygen atoms in total. The first-order valence-corrected chi connectivity index (χ1v) is 12.1. The van der Waals surface area contributed by atoms with E-state index in [0.717, 1.165) is 17.7 Å². The average molecular weight is 442 g/mol. The largest absolute Gasteiger partial charge is 0.383 e. The summed E-state index contributed by atoms with van der Waals surface area (Å²) in [4.78, 5) is 27.0. The average Bonchev–Trinajstić information content (AvgIpc) is 2.70. The SMILES string of the molecule is COCCNC(=O)CN1C(=O)CSc2ccc(S(=O)(=O)N3CCC(C)CC3)cc21. The monoisotopic (exact) mass is 441 g/mol. The van der Waals surface area contributed by atoms with E-state index in [1.54, 1.807) is 19.2 Å². The predicted octanol–water partition coefficient (Wildman–Crippen LogP) is 1.31. The number of hydrogen-bond donors (Lipinski definition) is 1. The summed E-state index contributed by atoms with van der Waals surface area (Å²) in [6.45, 7) is 3.70. The summed E-state index contributed by atoms with van der Waals surface area (Å²) < 4.78 is 32.6. The number of methoxy groups -OCH3 is 1. The highest BCUT2D eigenvalue weighted by Gasteiger charge is 2.32. The number of nitrogens with zero attached hydrogens (tertiary/aromatic N) is 2. The van der Waals surface area contributed by atoms with Gasteiger partial charge in [-0.3, -0.25) is 9.59 Å². The number of sulfonamides is 1. The van der Waals surface area contributed by atoms with E-state index in [-0.39, 0.29) is 29.0 Å². The molecule has 0 unspecified atom stereocenters. The maximum Gasteiger partial charge on any atom is 0.243 e. The van der Waals surface area contributed by atoms with Gasteiger partial charge in [-0.1, -0.05) is 6.92 Å². The van der Waals surface area contributed by atoms with Crippen molar-refractivity contribution in [3.8, 4) is 0 Å². The molecular weight excluding hydrogens is 414 g/mol. The van der Waals surface area contributed by atoms with Crippen LogP contribution in [-0.4, -0.2) is 70.2 Å². The smallest absolute Gasteiger partial charge is 0.243 e. The summed E-state index contributed by atoms with van der Waals surface area (Å²) in [5.74, 6) is 0.206. The summed E-state index contributed by atoms with van der Waals surface area (Å²) in [5.41, 5.74) is 0.472. The minimum Gasteiger partial charge on any atom is -0.383 e. The molecule has 3 rings (SSSR count). The first-order chi connectivity index (χ1) is 13.8. The fourth-order valence-electron chi connectivity index (χ4n) is 3.38. The summed E-state index contributed by atoms with van der Waals surface area (Å²) in [6.07, 6.45) is 1.68. The zero-order valence-electron chi connectivity index (χ0n) is 16.7. The number of carbonyl (C=O) groups is 2. The molecule has 0 aromatic heterocycles. The fourth-order valence-corrected chi connectivity index (χ4v) is 5.79. The van der Waals surface area contributed by atoms with Crippen LogP contribution in [0, 0.1) is 5.92 Å². The number of rotatable bonds is 7. The Morgan fingerprint density at radius 2 is 2.03 bits per heavy atom. The maximum atomic E-state index is 13.1. The number of ether oxygens (including phenoxy) is 1. The van der Waals surface area contributed by atoms with Crippen molar-refractivity contribution >= 4 is 39.3 Å². The van der Waals surface area contributed by atoms with E-state index in [2.05, 4.69) is 12.2 Å². The lowest BCUT2D eigenvalue weighted by molar-refractivity contribution is -0.123. The van der Waals surface area contributed by atoms with E-state index in [4.69, 9.17) is 4.74 Å². The van der Waals surface area contributed by atoms with Gasteiger partial charge < -0.3 is 15.0 Å². The second kappa shape index (κ2) is 9.46. The second-order valence-electron chi connectivity index (χ2n) is 7.33. The number of benzene rings is 1. The Kier molecular flexibility index (Phi) is 7.20. The molecule has 2 aliphatic heterocycles. The third kappa shape index (κ3) is 5.11. The number of thioether (sulfide) groups is 1. The fraction of sp³-hybridized carbons (Fsp3) is 0.579. The van der Waals surface area contributed by atoms with Crippen molar-refractivity contribution in [1.82, 2.24) is 9.62 Å². The molecular formula is C19H27N3O5S2. The third-order valence-corrected chi connectivity index (χ3v) is 8.13. The van der Waals surface area contributed by atoms with Crippen molar-refractivity contribution in [2.75, 3.05) is 50.5 Å². The molecule has 10 heteroatoms. The van der Waals surface area contributed by atoms with Crippen LogP contribution in [0.15, 0.2) is 28.0 Å². The Labute approximate surface area is 176 Å². The lowest BCUT2D eigenvalue weighted by atomic mass is 10.0. The lowest BCUT2D eigenvalue weighted by Crippen LogP contribution is -2.44. The number of nitrogens with one attached hydrogen (secondary N) is 1. The topological polar surface area (TPSA) is 96.0 Å². The van der Waals surface area contributed by atoms with Gasteiger partial charge in [0.15, 0.2) is 0 Å². The van der Waals surface area contributed by atoms with Gasteiger partial charge in [0, 0.05) is 31.6 Å². The number of fused-ring (bicyclic) bond motifs is 1. The van der Waals surface area contributed by atoms with Crippen molar-refractivity contribution in [1.29, 1.82) is 0 Å². The van der Waals surface area contributed by atoms with Crippen LogP contribution in [0.25, 0.3) is 0 Å². The Hall–Kier alpha value is -1.62. The molecule has 1 fully saturated rings. The highest BCUT2D eigenvalue weighted by molar-refractivity contribution is 8.00. The van der Waals surface area contributed by atoms with Gasteiger partial charge in [-0.15, -0.1) is 11.8 Å². The van der Waals surface area contributed by atoms with E-state index >= 15 is 0 Å². The Balaban J connectivity index is 1.83. The summed E-state index contributed by atoms with van der Waals surface area (Å²) in [6, 6.07) is 4.84. The van der Waals surface area contributed by atoms with Gasteiger partial charge in [0.05, 0.1) is 22.9 Å². The minimum absolute atomic E-state index is 0.152. The number of hydrogen-bond acceptors (Lipinski definition) is 6. The van der Waals surface area contributed by atoms with Gasteiger partial charge in [-0.2, -0.15) is 4.31 Å². The summed E-state index contributed by atoms with van der Waals surface area (Å²) in [7, 11) is -2.10. The molecule has 2 amide bonds. The van der Waals surface area contributed by atoms with Crippen LogP contribution in [0.4, 0.5) is 5.69 Å². The molecule has 0 aliphatic carbocycles. The van der Waals surface area contributed by atoms with Gasteiger partial charge in [-0.25, -0.2) is 8.42 Å². The summed E-state index contributed by atoms with van der Waals surface area (Å²) in [5, 5.41) is 2.69. The number of amides is 2. The molecule has 0 atom stereocenters. The Morgan fingerprint density at radius 1 is 1.31 bits per heavy atom. The molecule has 0 spiro atoms. The quantitative estimate of drug-likeness (QED) is 0.641. The third-order valence-electron chi connectivity index (χ3n) is 5.18. The van der Waals surface area contributed by atoms with Crippen LogP contribution >= 0.6 is 11.8 Å². The highest BCUT2D eigenvalue weighted by atomic mass is 32.2. The second-order valence-corrected chi connectivity index (χ2v) is 10.3. The standard InChI is InChI=1S/C19H27N3O5S2/c1-14-5-8-21(9-6-14)29(25,26)15-3-4-17-16(11-15)22(19(24)13-28-17)12-18(23)20-7-10-27-2/h3-4,11,14H,5-10,12-13H2,1-2H3,(H,20,23). The van der Waals surface area contributed by atoms with Crippen molar-refractivity contribution in [3.63, 3.8) is 0 Å². The molecule has 1 saturated heterocycles. The maximum absolute atomic E-state index is 13.1. The molecule has 1 N–H and O–H groups in total. The summed E-state index contributed by atoms with van der Waals surface area (Å²) >= 11 is 1.35. The van der Waals surface area contributed by atoms with Gasteiger partial charge in [0.2, 0.25) is 21.8 Å². The predicted molar refractivity (Wildman–Crippen MR) is 112 cm³/mol. The zero-order chi connectivity index (χ0) is 21.0. The highest BCUT2D eigenvalue weighted by Crippen LogP contribution is 2.37. The van der Waals surface area contributed by atoms with Crippen molar-refractivity contribution in [2.24, 2.45) is 5.92 Å². The van der Waals surface area contributed by atoms with Crippen LogP contribution in [0.2, 0.25) is 0 Å². The molecule has 2 aliphatic rings. The van der Waals surface area contributed by atoms with Crippen LogP contribution in [-0.2, 0) is 24.3 Å². The van der Waals surface area contributed by atoms with Crippen molar-refractivity contribution in [2.45, 2.75) is 29.6 Å². The molecule has 0 radical (unpaired) electrons. The van der Waals surface area contributed by atoms with Crippen molar-refractivity contribution < 1.29 is 22.7 Å². The van der Waals surface area contributed by atoms with E-state index < -0.39 is 10.0 Å². The van der Waals surface area contributed by atoms with E-state index in [1.165, 1.54) is 27.0 Å². The normalized spacial score (nSPS) is 18.6. The number of anilines is 1. The van der Waals surface area contributed by atoms with Gasteiger partial charge in [0.25, 0.3) is 0 Å². The minimum atomic E-state index is -3.64. The van der Waals surface area contributed by atoms with Gasteiger partial charge in [0.1, 0.15) is 6.54 Å². The van der Waals surface area contributed by atoms with Crippen LogP contribution in [0.5, 0.6) is 0 Å². The van der Waals surface area contributed by atoms with E-state index in [9.17, 15) is 18.0 Å². The first-order valence-electron chi connectivity index (χ1n) is 9.66. The first kappa shape index (κ1) is 22.1. The lowest BCUT2D eigenvalue weighted by Gasteiger charge is -2.31. The molecule has 1 aromatic rings. The van der Waals surface area contributed by atoms with Gasteiger partial charge in [-0.05, 0) is 37.0 Å². The van der Waals surface area contributed by atoms with Crippen LogP contribution in [0.1, 0.15) is 19.8 Å².